The van der Waals surface area contributed by atoms with Crippen molar-refractivity contribution in [2.45, 2.75) is 38.3 Å². The van der Waals surface area contributed by atoms with Gasteiger partial charge in [-0.25, -0.2) is 4.98 Å². The summed E-state index contributed by atoms with van der Waals surface area (Å²) < 4.78 is 1.96. The maximum Gasteiger partial charge on any atom is 0.223 e. The fourth-order valence-corrected chi connectivity index (χ4v) is 1.91. The van der Waals surface area contributed by atoms with E-state index in [0.717, 1.165) is 25.1 Å². The molecule has 1 aromatic rings. The summed E-state index contributed by atoms with van der Waals surface area (Å²) in [6, 6.07) is 0.428. The Bertz CT molecular complexity index is 384. The number of carbonyl (C=O) groups is 1. The minimum Gasteiger partial charge on any atom is -0.337 e. The second-order valence-electron chi connectivity index (χ2n) is 4.60. The first kappa shape index (κ1) is 12.1. The van der Waals surface area contributed by atoms with Gasteiger partial charge in [-0.1, -0.05) is 0 Å². The molecule has 0 atom stereocenters. The van der Waals surface area contributed by atoms with Gasteiger partial charge in [-0.3, -0.25) is 4.79 Å². The summed E-state index contributed by atoms with van der Waals surface area (Å²) in [7, 11) is 1.96. The summed E-state index contributed by atoms with van der Waals surface area (Å²) in [6.07, 6.45) is 7.24. The van der Waals surface area contributed by atoms with Gasteiger partial charge in [0.1, 0.15) is 5.82 Å². The molecule has 1 aliphatic carbocycles. The molecule has 0 aliphatic heterocycles. The molecule has 1 saturated carbocycles. The van der Waals surface area contributed by atoms with Gasteiger partial charge in [-0.2, -0.15) is 0 Å². The first-order chi connectivity index (χ1) is 8.22. The van der Waals surface area contributed by atoms with E-state index in [2.05, 4.69) is 4.98 Å². The lowest BCUT2D eigenvalue weighted by Gasteiger charge is -2.22. The first-order valence-electron chi connectivity index (χ1n) is 6.18. The van der Waals surface area contributed by atoms with Crippen LogP contribution in [0.5, 0.6) is 0 Å². The fraction of sp³-hybridized carbons (Fsp3) is 0.667. The number of aryl methyl sites for hydroxylation is 1. The fourth-order valence-electron chi connectivity index (χ4n) is 1.91. The van der Waals surface area contributed by atoms with Crippen molar-refractivity contribution < 1.29 is 4.79 Å². The largest absolute Gasteiger partial charge is 0.337 e. The molecule has 1 aromatic heterocycles. The molecular weight excluding hydrogens is 216 g/mol. The summed E-state index contributed by atoms with van der Waals surface area (Å²) in [5.41, 5.74) is 5.44. The predicted molar refractivity (Wildman–Crippen MR) is 65.1 cm³/mol. The van der Waals surface area contributed by atoms with Crippen molar-refractivity contribution in [2.75, 3.05) is 6.54 Å². The van der Waals surface area contributed by atoms with Crippen LogP contribution in [0.2, 0.25) is 0 Å². The first-order valence-corrected chi connectivity index (χ1v) is 6.18. The molecule has 0 radical (unpaired) electrons. The zero-order chi connectivity index (χ0) is 12.3. The van der Waals surface area contributed by atoms with Crippen molar-refractivity contribution in [2.24, 2.45) is 12.8 Å². The minimum atomic E-state index is 0.209. The lowest BCUT2D eigenvalue weighted by Crippen LogP contribution is -2.33. The molecule has 2 N–H and O–H groups in total. The number of aromatic nitrogens is 2. The highest BCUT2D eigenvalue weighted by atomic mass is 16.2. The van der Waals surface area contributed by atoms with Gasteiger partial charge in [0, 0.05) is 31.9 Å². The molecule has 17 heavy (non-hydrogen) atoms. The van der Waals surface area contributed by atoms with E-state index in [1.165, 1.54) is 0 Å². The highest BCUT2D eigenvalue weighted by Gasteiger charge is 2.32. The summed E-state index contributed by atoms with van der Waals surface area (Å²) in [6.45, 7) is 1.20. The Morgan fingerprint density at radius 1 is 1.65 bits per heavy atom. The van der Waals surface area contributed by atoms with Crippen LogP contribution in [0.25, 0.3) is 0 Å². The van der Waals surface area contributed by atoms with Crippen LogP contribution in [0.15, 0.2) is 12.4 Å². The number of amides is 1. The lowest BCUT2D eigenvalue weighted by molar-refractivity contribution is -0.132. The van der Waals surface area contributed by atoms with E-state index < -0.39 is 0 Å². The highest BCUT2D eigenvalue weighted by molar-refractivity contribution is 5.76. The van der Waals surface area contributed by atoms with Crippen LogP contribution >= 0.6 is 0 Å². The average molecular weight is 236 g/mol. The van der Waals surface area contributed by atoms with Crippen LogP contribution in [0, 0.1) is 0 Å². The van der Waals surface area contributed by atoms with Crippen LogP contribution in [0.1, 0.15) is 31.5 Å². The zero-order valence-corrected chi connectivity index (χ0v) is 10.3. The van der Waals surface area contributed by atoms with Crippen LogP contribution in [0.3, 0.4) is 0 Å². The molecule has 0 bridgehead atoms. The number of hydrogen-bond acceptors (Lipinski definition) is 3. The third-order valence-electron chi connectivity index (χ3n) is 3.14. The Morgan fingerprint density at radius 2 is 2.41 bits per heavy atom. The van der Waals surface area contributed by atoms with Crippen molar-refractivity contribution in [1.29, 1.82) is 0 Å². The number of nitrogens with two attached hydrogens (primary N) is 1. The molecule has 0 unspecified atom stereocenters. The Hall–Kier alpha value is -1.36. The topological polar surface area (TPSA) is 64.2 Å². The lowest BCUT2D eigenvalue weighted by atomic mass is 10.2. The Balaban J connectivity index is 1.98. The molecule has 5 nitrogen and oxygen atoms in total. The zero-order valence-electron chi connectivity index (χ0n) is 10.3. The molecule has 1 fully saturated rings. The Morgan fingerprint density at radius 3 is 2.94 bits per heavy atom. The van der Waals surface area contributed by atoms with Crippen molar-refractivity contribution in [3.05, 3.63) is 18.2 Å². The molecule has 0 spiro atoms. The van der Waals surface area contributed by atoms with Gasteiger partial charge in [0.15, 0.2) is 0 Å². The molecule has 0 aromatic carbocycles. The van der Waals surface area contributed by atoms with E-state index in [-0.39, 0.29) is 5.91 Å². The number of carbonyl (C=O) groups excluding carboxylic acids is 1. The normalized spacial score (nSPS) is 14.9. The van der Waals surface area contributed by atoms with Crippen LogP contribution in [0.4, 0.5) is 0 Å². The standard InChI is InChI=1S/C12H20N4O/c1-15-8-7-14-11(15)9-16(10-4-5-10)12(17)3-2-6-13/h7-8,10H,2-6,9,13H2,1H3. The van der Waals surface area contributed by atoms with E-state index in [1.54, 1.807) is 6.20 Å². The van der Waals surface area contributed by atoms with E-state index in [1.807, 2.05) is 22.7 Å². The molecule has 1 heterocycles. The summed E-state index contributed by atoms with van der Waals surface area (Å²) in [5.74, 6) is 1.15. The molecule has 5 heteroatoms. The van der Waals surface area contributed by atoms with Crippen LogP contribution < -0.4 is 5.73 Å². The van der Waals surface area contributed by atoms with Crippen LogP contribution in [-0.2, 0) is 18.4 Å². The monoisotopic (exact) mass is 236 g/mol. The molecule has 2 rings (SSSR count). The number of hydrogen-bond donors (Lipinski definition) is 1. The van der Waals surface area contributed by atoms with Crippen molar-refractivity contribution in [3.63, 3.8) is 0 Å². The van der Waals surface area contributed by atoms with Gasteiger partial charge in [0.05, 0.1) is 6.54 Å². The van der Waals surface area contributed by atoms with E-state index in [4.69, 9.17) is 5.73 Å². The van der Waals surface area contributed by atoms with Gasteiger partial charge in [0.25, 0.3) is 0 Å². The number of imidazole rings is 1. The average Bonchev–Trinajstić information content (AvgIpc) is 3.08. The predicted octanol–water partition coefficient (Wildman–Crippen LogP) is 0.650. The smallest absolute Gasteiger partial charge is 0.223 e. The summed E-state index contributed by atoms with van der Waals surface area (Å²) in [5, 5.41) is 0. The maximum atomic E-state index is 12.1. The molecular formula is C12H20N4O. The Labute approximate surface area is 102 Å². The van der Waals surface area contributed by atoms with Gasteiger partial charge >= 0.3 is 0 Å². The van der Waals surface area contributed by atoms with Crippen molar-refractivity contribution in [3.8, 4) is 0 Å². The summed E-state index contributed by atoms with van der Waals surface area (Å²) in [4.78, 5) is 18.3. The molecule has 94 valence electrons. The second kappa shape index (κ2) is 5.31. The molecule has 1 amide bonds. The number of rotatable bonds is 6. The quantitative estimate of drug-likeness (QED) is 0.788. The van der Waals surface area contributed by atoms with E-state index in [9.17, 15) is 4.79 Å². The van der Waals surface area contributed by atoms with Gasteiger partial charge in [-0.15, -0.1) is 0 Å². The molecule has 1 aliphatic rings. The maximum absolute atomic E-state index is 12.1. The number of nitrogens with zero attached hydrogens (tertiary/aromatic N) is 3. The molecule has 0 saturated heterocycles. The highest BCUT2D eigenvalue weighted by Crippen LogP contribution is 2.28. The van der Waals surface area contributed by atoms with Crippen molar-refractivity contribution >= 4 is 5.91 Å². The SMILES string of the molecule is Cn1ccnc1CN(C(=O)CCCN)C1CC1. The minimum absolute atomic E-state index is 0.209. The van der Waals surface area contributed by atoms with Gasteiger partial charge in [0.2, 0.25) is 5.91 Å². The van der Waals surface area contributed by atoms with Gasteiger partial charge in [-0.05, 0) is 25.8 Å². The third-order valence-corrected chi connectivity index (χ3v) is 3.14. The van der Waals surface area contributed by atoms with Crippen molar-refractivity contribution in [1.82, 2.24) is 14.5 Å². The van der Waals surface area contributed by atoms with E-state index >= 15 is 0 Å². The second-order valence-corrected chi connectivity index (χ2v) is 4.60. The van der Waals surface area contributed by atoms with Gasteiger partial charge < -0.3 is 15.2 Å². The third kappa shape index (κ3) is 3.06. The van der Waals surface area contributed by atoms with E-state index in [0.29, 0.717) is 25.6 Å². The Kier molecular flexibility index (Phi) is 3.78. The van der Waals surface area contributed by atoms with Crippen LogP contribution in [-0.4, -0.2) is 32.9 Å². The summed E-state index contributed by atoms with van der Waals surface area (Å²) >= 11 is 0.